The molecule has 0 N–H and O–H groups in total. The van der Waals surface area contributed by atoms with Gasteiger partial charge in [-0.05, 0) is 54.9 Å². The molecule has 0 radical (unpaired) electrons. The first kappa shape index (κ1) is 17.8. The lowest BCUT2D eigenvalue weighted by molar-refractivity contribution is -0.0298. The van der Waals surface area contributed by atoms with Crippen LogP contribution in [0, 0.1) is 0 Å². The molecule has 0 saturated carbocycles. The molecular weight excluding hydrogens is 352 g/mol. The zero-order chi connectivity index (χ0) is 18.9. The van der Waals surface area contributed by atoms with Crippen LogP contribution >= 0.6 is 0 Å². The van der Waals surface area contributed by atoms with Gasteiger partial charge < -0.3 is 9.47 Å². The van der Waals surface area contributed by atoms with Gasteiger partial charge in [0.15, 0.2) is 5.65 Å². The fourth-order valence-electron chi connectivity index (χ4n) is 4.28. The molecule has 2 aliphatic rings. The molecule has 28 heavy (non-hydrogen) atoms. The summed E-state index contributed by atoms with van der Waals surface area (Å²) >= 11 is 0. The molecular formula is C22H26N4O2. The van der Waals surface area contributed by atoms with Crippen molar-refractivity contribution in [2.75, 3.05) is 6.61 Å². The second-order valence-electron chi connectivity index (χ2n) is 7.74. The first-order valence-corrected chi connectivity index (χ1v) is 10.4. The summed E-state index contributed by atoms with van der Waals surface area (Å²) in [4.78, 5) is 13.9. The minimum absolute atomic E-state index is 0.0227. The number of hydrogen-bond donors (Lipinski definition) is 0. The molecule has 1 aromatic carbocycles. The van der Waals surface area contributed by atoms with Crippen LogP contribution in [0.25, 0.3) is 22.4 Å². The van der Waals surface area contributed by atoms with Crippen molar-refractivity contribution >= 4 is 11.2 Å². The quantitative estimate of drug-likeness (QED) is 0.651. The SMILES string of the molecule is CCCCc1cc2c(cc1-c1ncnc3c1ncn3C1CCCCO1)COC2. The number of imidazole rings is 1. The van der Waals surface area contributed by atoms with Gasteiger partial charge in [-0.25, -0.2) is 15.0 Å². The Kier molecular flexibility index (Phi) is 4.82. The second kappa shape index (κ2) is 7.60. The molecule has 5 rings (SSSR count). The lowest BCUT2D eigenvalue weighted by Crippen LogP contribution is -2.17. The summed E-state index contributed by atoms with van der Waals surface area (Å²) in [6, 6.07) is 4.56. The third-order valence-electron chi connectivity index (χ3n) is 5.82. The smallest absolute Gasteiger partial charge is 0.165 e. The minimum Gasteiger partial charge on any atom is -0.372 e. The van der Waals surface area contributed by atoms with E-state index in [1.165, 1.54) is 35.1 Å². The molecule has 2 aromatic heterocycles. The van der Waals surface area contributed by atoms with E-state index < -0.39 is 0 Å². The number of ether oxygens (including phenoxy) is 2. The summed E-state index contributed by atoms with van der Waals surface area (Å²) in [6.07, 6.45) is 10.2. The van der Waals surface area contributed by atoms with Crippen molar-refractivity contribution in [1.29, 1.82) is 0 Å². The third-order valence-corrected chi connectivity index (χ3v) is 5.82. The van der Waals surface area contributed by atoms with Gasteiger partial charge in [0, 0.05) is 12.2 Å². The van der Waals surface area contributed by atoms with Crippen molar-refractivity contribution in [3.05, 3.63) is 41.5 Å². The topological polar surface area (TPSA) is 62.1 Å². The highest BCUT2D eigenvalue weighted by Gasteiger charge is 2.23. The Bertz CT molecular complexity index is 992. The number of rotatable bonds is 5. The molecule has 1 saturated heterocycles. The fourth-order valence-corrected chi connectivity index (χ4v) is 4.28. The number of hydrogen-bond acceptors (Lipinski definition) is 5. The normalized spacial score (nSPS) is 19.2. The molecule has 0 aliphatic carbocycles. The average Bonchev–Trinajstić information content (AvgIpc) is 3.38. The van der Waals surface area contributed by atoms with Crippen molar-refractivity contribution in [2.24, 2.45) is 0 Å². The van der Waals surface area contributed by atoms with Gasteiger partial charge in [-0.1, -0.05) is 19.4 Å². The molecule has 3 aromatic rings. The van der Waals surface area contributed by atoms with Gasteiger partial charge in [-0.15, -0.1) is 0 Å². The summed E-state index contributed by atoms with van der Waals surface area (Å²) < 4.78 is 13.7. The van der Waals surface area contributed by atoms with E-state index in [0.717, 1.165) is 49.1 Å². The highest BCUT2D eigenvalue weighted by molar-refractivity contribution is 5.88. The number of nitrogens with zero attached hydrogens (tertiary/aromatic N) is 4. The zero-order valence-corrected chi connectivity index (χ0v) is 16.4. The van der Waals surface area contributed by atoms with Gasteiger partial charge in [-0.3, -0.25) is 4.57 Å². The molecule has 2 aliphatic heterocycles. The largest absolute Gasteiger partial charge is 0.372 e. The van der Waals surface area contributed by atoms with E-state index in [1.54, 1.807) is 6.33 Å². The van der Waals surface area contributed by atoms with Crippen molar-refractivity contribution in [3.8, 4) is 11.3 Å². The van der Waals surface area contributed by atoms with E-state index in [-0.39, 0.29) is 6.23 Å². The summed E-state index contributed by atoms with van der Waals surface area (Å²) in [5.41, 5.74) is 7.69. The third kappa shape index (κ3) is 3.10. The fraction of sp³-hybridized carbons (Fsp3) is 0.500. The standard InChI is InChI=1S/C22H26N4O2/c1-2-3-6-15-9-16-11-27-12-17(16)10-18(15)20-21-22(24-13-23-20)26(14-25-21)19-7-4-5-8-28-19/h9-10,13-14,19H,2-8,11-12H2,1H3. The summed E-state index contributed by atoms with van der Waals surface area (Å²) in [7, 11) is 0. The monoisotopic (exact) mass is 378 g/mol. The molecule has 1 atom stereocenters. The van der Waals surface area contributed by atoms with Crippen LogP contribution < -0.4 is 0 Å². The Labute approximate surface area is 164 Å². The number of aromatic nitrogens is 4. The molecule has 0 amide bonds. The maximum Gasteiger partial charge on any atom is 0.165 e. The summed E-state index contributed by atoms with van der Waals surface area (Å²) in [5, 5.41) is 0. The number of unbranched alkanes of at least 4 members (excludes halogenated alkanes) is 1. The minimum atomic E-state index is 0.0227. The zero-order valence-electron chi connectivity index (χ0n) is 16.4. The van der Waals surface area contributed by atoms with Crippen molar-refractivity contribution < 1.29 is 9.47 Å². The number of fused-ring (bicyclic) bond motifs is 2. The van der Waals surface area contributed by atoms with Gasteiger partial charge in [0.25, 0.3) is 0 Å². The van der Waals surface area contributed by atoms with Crippen LogP contribution in [0.3, 0.4) is 0 Å². The van der Waals surface area contributed by atoms with Crippen LogP contribution in [0.5, 0.6) is 0 Å². The van der Waals surface area contributed by atoms with E-state index in [1.807, 2.05) is 6.33 Å². The molecule has 0 spiro atoms. The van der Waals surface area contributed by atoms with Gasteiger partial charge in [0.2, 0.25) is 0 Å². The average molecular weight is 378 g/mol. The van der Waals surface area contributed by atoms with Crippen molar-refractivity contribution in [3.63, 3.8) is 0 Å². The summed E-state index contributed by atoms with van der Waals surface area (Å²) in [5.74, 6) is 0. The van der Waals surface area contributed by atoms with E-state index >= 15 is 0 Å². The molecule has 6 nitrogen and oxygen atoms in total. The lowest BCUT2D eigenvalue weighted by Gasteiger charge is -2.23. The molecule has 1 unspecified atom stereocenters. The van der Waals surface area contributed by atoms with E-state index in [9.17, 15) is 0 Å². The van der Waals surface area contributed by atoms with Crippen LogP contribution in [0.15, 0.2) is 24.8 Å². The Hall–Kier alpha value is -2.31. The number of benzene rings is 1. The number of aryl methyl sites for hydroxylation is 1. The highest BCUT2D eigenvalue weighted by atomic mass is 16.5. The van der Waals surface area contributed by atoms with Crippen molar-refractivity contribution in [2.45, 2.75) is 64.9 Å². The molecule has 0 bridgehead atoms. The van der Waals surface area contributed by atoms with Gasteiger partial charge in [-0.2, -0.15) is 0 Å². The first-order chi connectivity index (χ1) is 13.8. The predicted octanol–water partition coefficient (Wildman–Crippen LogP) is 4.57. The molecule has 4 heterocycles. The van der Waals surface area contributed by atoms with Crippen LogP contribution in [0.4, 0.5) is 0 Å². The molecule has 146 valence electrons. The van der Waals surface area contributed by atoms with Crippen LogP contribution in [0.2, 0.25) is 0 Å². The van der Waals surface area contributed by atoms with Gasteiger partial charge in [0.1, 0.15) is 23.8 Å². The lowest BCUT2D eigenvalue weighted by atomic mass is 9.94. The van der Waals surface area contributed by atoms with Crippen molar-refractivity contribution in [1.82, 2.24) is 19.5 Å². The Morgan fingerprint density at radius 1 is 1.11 bits per heavy atom. The van der Waals surface area contributed by atoms with Gasteiger partial charge in [0.05, 0.1) is 19.5 Å². The molecule has 6 heteroatoms. The molecule has 1 fully saturated rings. The maximum absolute atomic E-state index is 5.96. The van der Waals surface area contributed by atoms with Crippen LogP contribution in [-0.2, 0) is 29.1 Å². The highest BCUT2D eigenvalue weighted by Crippen LogP contribution is 2.34. The van der Waals surface area contributed by atoms with Crippen LogP contribution in [-0.4, -0.2) is 26.1 Å². The van der Waals surface area contributed by atoms with Crippen LogP contribution in [0.1, 0.15) is 61.9 Å². The second-order valence-corrected chi connectivity index (χ2v) is 7.74. The van der Waals surface area contributed by atoms with Gasteiger partial charge >= 0.3 is 0 Å². The maximum atomic E-state index is 5.96. The first-order valence-electron chi connectivity index (χ1n) is 10.4. The van der Waals surface area contributed by atoms with E-state index in [2.05, 4.69) is 33.6 Å². The predicted molar refractivity (Wildman–Crippen MR) is 107 cm³/mol. The van der Waals surface area contributed by atoms with E-state index in [4.69, 9.17) is 14.5 Å². The summed E-state index contributed by atoms with van der Waals surface area (Å²) in [6.45, 7) is 4.41. The van der Waals surface area contributed by atoms with E-state index in [0.29, 0.717) is 13.2 Å². The Balaban J connectivity index is 1.62. The Morgan fingerprint density at radius 2 is 2.00 bits per heavy atom. The Morgan fingerprint density at radius 3 is 2.82 bits per heavy atom.